The van der Waals surface area contributed by atoms with E-state index in [9.17, 15) is 14.0 Å². The van der Waals surface area contributed by atoms with Crippen molar-refractivity contribution >= 4 is 35.1 Å². The summed E-state index contributed by atoms with van der Waals surface area (Å²) in [6.45, 7) is 1.21. The Hall–Kier alpha value is -4.47. The van der Waals surface area contributed by atoms with Crippen LogP contribution >= 0.6 is 0 Å². The van der Waals surface area contributed by atoms with Gasteiger partial charge in [-0.3, -0.25) is 4.79 Å². The van der Waals surface area contributed by atoms with E-state index >= 15 is 0 Å². The molecule has 0 atom stereocenters. The number of hydrogen-bond acceptors (Lipinski definition) is 6. The van der Waals surface area contributed by atoms with E-state index in [1.54, 1.807) is 19.2 Å². The standard InChI is InChI=1S/C26H24FN5O4/c1-31(15-33)20-8-4-17(5-9-20)23-21(16-2-6-18(27)7-3-16)22-24(28-14-29-25(22)36-23)32-12-10-19(11-13-32)30-26(34)35/h2-9,14-15,19,30H,10-13H2,1H3,(H,34,35). The average molecular weight is 490 g/mol. The molecule has 5 rings (SSSR count). The average Bonchev–Trinajstić information content (AvgIpc) is 3.29. The van der Waals surface area contributed by atoms with Crippen molar-refractivity contribution in [3.05, 3.63) is 60.7 Å². The van der Waals surface area contributed by atoms with E-state index in [-0.39, 0.29) is 11.9 Å². The summed E-state index contributed by atoms with van der Waals surface area (Å²) in [6, 6.07) is 13.4. The molecule has 1 aliphatic heterocycles. The normalized spacial score (nSPS) is 14.1. The fourth-order valence-electron chi connectivity index (χ4n) is 4.57. The second kappa shape index (κ2) is 9.65. The fraction of sp³-hybridized carbons (Fsp3) is 0.231. The van der Waals surface area contributed by atoms with Crippen LogP contribution in [0.1, 0.15) is 12.8 Å². The second-order valence-electron chi connectivity index (χ2n) is 8.66. The van der Waals surface area contributed by atoms with E-state index in [1.165, 1.54) is 23.4 Å². The Morgan fingerprint density at radius 2 is 1.78 bits per heavy atom. The maximum atomic E-state index is 13.8. The quantitative estimate of drug-likeness (QED) is 0.383. The van der Waals surface area contributed by atoms with Crippen LogP contribution in [-0.2, 0) is 4.79 Å². The molecule has 10 heteroatoms. The zero-order valence-corrected chi connectivity index (χ0v) is 19.5. The molecular weight excluding hydrogens is 465 g/mol. The van der Waals surface area contributed by atoms with Crippen LogP contribution in [-0.4, -0.2) is 53.8 Å². The number of carbonyl (C=O) groups excluding carboxylic acids is 1. The molecule has 0 radical (unpaired) electrons. The highest BCUT2D eigenvalue weighted by atomic mass is 19.1. The van der Waals surface area contributed by atoms with Crippen LogP contribution < -0.4 is 15.1 Å². The predicted octanol–water partition coefficient (Wildman–Crippen LogP) is 4.52. The Morgan fingerprint density at radius 3 is 2.42 bits per heavy atom. The van der Waals surface area contributed by atoms with Gasteiger partial charge in [0.05, 0.1) is 5.39 Å². The number of nitrogens with one attached hydrogen (secondary N) is 1. The van der Waals surface area contributed by atoms with Gasteiger partial charge in [-0.25, -0.2) is 19.2 Å². The molecule has 0 unspecified atom stereocenters. The molecule has 184 valence electrons. The van der Waals surface area contributed by atoms with Crippen molar-refractivity contribution < 1.29 is 23.5 Å². The Labute approximate surface area is 206 Å². The van der Waals surface area contributed by atoms with Gasteiger partial charge >= 0.3 is 6.09 Å². The molecule has 0 spiro atoms. The van der Waals surface area contributed by atoms with E-state index in [4.69, 9.17) is 9.52 Å². The second-order valence-corrected chi connectivity index (χ2v) is 8.66. The first kappa shape index (κ1) is 23.3. The lowest BCUT2D eigenvalue weighted by atomic mass is 9.98. The Balaban J connectivity index is 1.62. The van der Waals surface area contributed by atoms with Gasteiger partial charge in [0.25, 0.3) is 0 Å². The number of anilines is 2. The number of aromatic nitrogens is 2. The van der Waals surface area contributed by atoms with Crippen LogP contribution in [0.5, 0.6) is 0 Å². The highest BCUT2D eigenvalue weighted by Gasteiger charge is 2.27. The molecule has 2 N–H and O–H groups in total. The predicted molar refractivity (Wildman–Crippen MR) is 133 cm³/mol. The van der Waals surface area contributed by atoms with E-state index in [0.717, 1.165) is 28.8 Å². The van der Waals surface area contributed by atoms with E-state index in [1.807, 2.05) is 24.3 Å². The van der Waals surface area contributed by atoms with Gasteiger partial charge in [-0.05, 0) is 54.8 Å². The van der Waals surface area contributed by atoms with Crippen molar-refractivity contribution in [3.63, 3.8) is 0 Å². The van der Waals surface area contributed by atoms with Crippen LogP contribution in [0.15, 0.2) is 59.3 Å². The van der Waals surface area contributed by atoms with Crippen molar-refractivity contribution in [2.24, 2.45) is 0 Å². The van der Waals surface area contributed by atoms with Gasteiger partial charge in [-0.2, -0.15) is 0 Å². The van der Waals surface area contributed by atoms with Crippen molar-refractivity contribution in [1.82, 2.24) is 15.3 Å². The molecule has 36 heavy (non-hydrogen) atoms. The number of piperidine rings is 1. The number of rotatable bonds is 6. The number of furan rings is 1. The summed E-state index contributed by atoms with van der Waals surface area (Å²) in [5.74, 6) is 0.889. The number of amides is 2. The third-order valence-corrected chi connectivity index (χ3v) is 6.42. The Kier molecular flexibility index (Phi) is 6.24. The third-order valence-electron chi connectivity index (χ3n) is 6.42. The lowest BCUT2D eigenvalue weighted by molar-refractivity contribution is -0.107. The Bertz CT molecular complexity index is 1400. The van der Waals surface area contributed by atoms with Crippen molar-refractivity contribution in [2.75, 3.05) is 29.9 Å². The largest absolute Gasteiger partial charge is 0.465 e. The monoisotopic (exact) mass is 489 g/mol. The molecule has 0 aliphatic carbocycles. The number of nitrogens with zero attached hydrogens (tertiary/aromatic N) is 4. The van der Waals surface area contributed by atoms with E-state index in [0.29, 0.717) is 48.6 Å². The summed E-state index contributed by atoms with van der Waals surface area (Å²) in [5.41, 5.74) is 3.38. The van der Waals surface area contributed by atoms with Crippen LogP contribution in [0.25, 0.3) is 33.6 Å². The first-order chi connectivity index (χ1) is 17.4. The number of benzene rings is 2. The molecule has 1 saturated heterocycles. The van der Waals surface area contributed by atoms with Crippen molar-refractivity contribution in [1.29, 1.82) is 0 Å². The zero-order chi connectivity index (χ0) is 25.2. The van der Waals surface area contributed by atoms with Crippen LogP contribution in [0, 0.1) is 5.82 Å². The molecule has 2 aromatic heterocycles. The minimum atomic E-state index is -1.03. The highest BCUT2D eigenvalue weighted by Crippen LogP contribution is 2.44. The van der Waals surface area contributed by atoms with Crippen molar-refractivity contribution in [2.45, 2.75) is 18.9 Å². The molecule has 9 nitrogen and oxygen atoms in total. The van der Waals surface area contributed by atoms with E-state index in [2.05, 4.69) is 20.2 Å². The zero-order valence-electron chi connectivity index (χ0n) is 19.5. The number of halogens is 1. The highest BCUT2D eigenvalue weighted by molar-refractivity contribution is 6.06. The molecule has 1 fully saturated rings. The number of fused-ring (bicyclic) bond motifs is 1. The Morgan fingerprint density at radius 1 is 1.11 bits per heavy atom. The summed E-state index contributed by atoms with van der Waals surface area (Å²) in [4.78, 5) is 34.7. The molecule has 1 aliphatic rings. The van der Waals surface area contributed by atoms with Gasteiger partial charge in [0.1, 0.15) is 23.7 Å². The maximum absolute atomic E-state index is 13.8. The molecular formula is C26H24FN5O4. The molecule has 2 aromatic carbocycles. The smallest absolute Gasteiger partial charge is 0.404 e. The van der Waals surface area contributed by atoms with Gasteiger partial charge in [-0.1, -0.05) is 12.1 Å². The summed E-state index contributed by atoms with van der Waals surface area (Å²) in [6.07, 6.45) is 2.43. The van der Waals surface area contributed by atoms with Gasteiger partial charge < -0.3 is 24.6 Å². The topological polar surface area (TPSA) is 112 Å². The summed E-state index contributed by atoms with van der Waals surface area (Å²) in [5, 5.41) is 12.3. The van der Waals surface area contributed by atoms with Crippen LogP contribution in [0.2, 0.25) is 0 Å². The lowest BCUT2D eigenvalue weighted by Crippen LogP contribution is -2.44. The van der Waals surface area contributed by atoms with Crippen LogP contribution in [0.4, 0.5) is 20.7 Å². The fourth-order valence-corrected chi connectivity index (χ4v) is 4.57. The van der Waals surface area contributed by atoms with Crippen LogP contribution in [0.3, 0.4) is 0 Å². The summed E-state index contributed by atoms with van der Waals surface area (Å²) < 4.78 is 20.0. The number of carbonyl (C=O) groups is 2. The summed E-state index contributed by atoms with van der Waals surface area (Å²) >= 11 is 0. The van der Waals surface area contributed by atoms with Gasteiger partial charge in [0.15, 0.2) is 0 Å². The van der Waals surface area contributed by atoms with E-state index < -0.39 is 6.09 Å². The van der Waals surface area contributed by atoms with Gasteiger partial charge in [0, 0.05) is 43.0 Å². The number of carboxylic acid groups (broad SMARTS) is 1. The molecule has 4 aromatic rings. The van der Waals surface area contributed by atoms with Gasteiger partial charge in [0.2, 0.25) is 12.1 Å². The van der Waals surface area contributed by atoms with Gasteiger partial charge in [-0.15, -0.1) is 0 Å². The first-order valence-electron chi connectivity index (χ1n) is 11.5. The SMILES string of the molecule is CN(C=O)c1ccc(-c2oc3ncnc(N4CCC(NC(=O)O)CC4)c3c2-c2ccc(F)cc2)cc1. The molecule has 0 bridgehead atoms. The minimum absolute atomic E-state index is 0.115. The third kappa shape index (κ3) is 4.45. The number of hydrogen-bond donors (Lipinski definition) is 2. The first-order valence-corrected chi connectivity index (χ1v) is 11.5. The van der Waals surface area contributed by atoms with Crippen molar-refractivity contribution in [3.8, 4) is 22.5 Å². The lowest BCUT2D eigenvalue weighted by Gasteiger charge is -2.32. The molecule has 0 saturated carbocycles. The minimum Gasteiger partial charge on any atom is -0.465 e. The maximum Gasteiger partial charge on any atom is 0.404 e. The summed E-state index contributed by atoms with van der Waals surface area (Å²) in [7, 11) is 1.67. The molecule has 2 amide bonds. The molecule has 3 heterocycles.